The number of hydrogen-bond acceptors (Lipinski definition) is 5. The maximum absolute atomic E-state index is 13.0. The molecule has 33 heavy (non-hydrogen) atoms. The van der Waals surface area contributed by atoms with Gasteiger partial charge in [-0.2, -0.15) is 13.2 Å². The lowest BCUT2D eigenvalue weighted by molar-refractivity contribution is -0.137. The molecule has 1 atom stereocenters. The standard InChI is InChI=1S/C24H29F3N4O2/c1-14(2)23(33)30-21-11-18(9-16(4)29-21)20(32)10-17-6-5-7-31(13-17)22-15(3)8-19(12-28-22)24(25,26)27/h8-9,11-12,14,17H,5-7,10,13H2,1-4H3,(H,29,30,33)/t17-/m0/s1. The minimum absolute atomic E-state index is 0.0514. The number of alkyl halides is 3. The molecule has 6 nitrogen and oxygen atoms in total. The molecule has 1 aliphatic rings. The molecule has 0 aliphatic carbocycles. The molecule has 0 bridgehead atoms. The summed E-state index contributed by atoms with van der Waals surface area (Å²) in [5.74, 6) is 0.502. The van der Waals surface area contributed by atoms with Crippen LogP contribution in [0.2, 0.25) is 0 Å². The third-order valence-electron chi connectivity index (χ3n) is 5.72. The van der Waals surface area contributed by atoms with Crippen molar-refractivity contribution in [1.29, 1.82) is 0 Å². The maximum atomic E-state index is 13.0. The third-order valence-corrected chi connectivity index (χ3v) is 5.72. The Bertz CT molecular complexity index is 1040. The second-order valence-electron chi connectivity index (χ2n) is 8.97. The Morgan fingerprint density at radius 2 is 1.94 bits per heavy atom. The summed E-state index contributed by atoms with van der Waals surface area (Å²) in [6.07, 6.45) is -1.58. The average molecular weight is 463 g/mol. The first-order chi connectivity index (χ1) is 15.4. The van der Waals surface area contributed by atoms with E-state index in [1.807, 2.05) is 4.90 Å². The number of amides is 1. The van der Waals surface area contributed by atoms with Gasteiger partial charge in [0.05, 0.1) is 5.56 Å². The predicted octanol–water partition coefficient (Wildman–Crippen LogP) is 5.20. The fraction of sp³-hybridized carbons (Fsp3) is 0.500. The summed E-state index contributed by atoms with van der Waals surface area (Å²) in [5.41, 5.74) is 0.824. The van der Waals surface area contributed by atoms with Gasteiger partial charge in [-0.3, -0.25) is 9.59 Å². The Morgan fingerprint density at radius 3 is 2.58 bits per heavy atom. The molecule has 0 radical (unpaired) electrons. The summed E-state index contributed by atoms with van der Waals surface area (Å²) in [7, 11) is 0. The second-order valence-corrected chi connectivity index (χ2v) is 8.97. The summed E-state index contributed by atoms with van der Waals surface area (Å²) >= 11 is 0. The van der Waals surface area contributed by atoms with E-state index in [0.29, 0.717) is 48.0 Å². The smallest absolute Gasteiger partial charge is 0.356 e. The minimum atomic E-state index is -4.43. The van der Waals surface area contributed by atoms with Gasteiger partial charge in [0.2, 0.25) is 5.91 Å². The van der Waals surface area contributed by atoms with Crippen molar-refractivity contribution in [3.05, 3.63) is 46.8 Å². The van der Waals surface area contributed by atoms with E-state index < -0.39 is 11.7 Å². The van der Waals surface area contributed by atoms with E-state index in [-0.39, 0.29) is 23.5 Å². The van der Waals surface area contributed by atoms with Crippen LogP contribution in [0.3, 0.4) is 0 Å². The Hall–Kier alpha value is -2.97. The molecular weight excluding hydrogens is 433 g/mol. The van der Waals surface area contributed by atoms with Crippen LogP contribution in [-0.2, 0) is 11.0 Å². The van der Waals surface area contributed by atoms with Gasteiger partial charge in [0.1, 0.15) is 11.6 Å². The van der Waals surface area contributed by atoms with Crippen LogP contribution >= 0.6 is 0 Å². The largest absolute Gasteiger partial charge is 0.417 e. The first kappa shape index (κ1) is 24.7. The lowest BCUT2D eigenvalue weighted by Gasteiger charge is -2.34. The first-order valence-corrected chi connectivity index (χ1v) is 11.1. The number of carbonyl (C=O) groups excluding carboxylic acids is 2. The van der Waals surface area contributed by atoms with Crippen LogP contribution in [0.4, 0.5) is 24.8 Å². The summed E-state index contributed by atoms with van der Waals surface area (Å²) in [6, 6.07) is 4.41. The zero-order chi connectivity index (χ0) is 24.3. The molecule has 1 aliphatic heterocycles. The molecule has 0 aromatic carbocycles. The number of nitrogens with zero attached hydrogens (tertiary/aromatic N) is 3. The van der Waals surface area contributed by atoms with Crippen molar-refractivity contribution in [1.82, 2.24) is 9.97 Å². The van der Waals surface area contributed by atoms with Gasteiger partial charge in [-0.25, -0.2) is 9.97 Å². The van der Waals surface area contributed by atoms with Crippen LogP contribution in [0.1, 0.15) is 60.3 Å². The molecule has 2 aromatic heterocycles. The van der Waals surface area contributed by atoms with Crippen LogP contribution < -0.4 is 10.2 Å². The molecule has 178 valence electrons. The van der Waals surface area contributed by atoms with Gasteiger partial charge in [-0.1, -0.05) is 13.8 Å². The summed E-state index contributed by atoms with van der Waals surface area (Å²) < 4.78 is 38.9. The fourth-order valence-electron chi connectivity index (χ4n) is 4.02. The number of aryl methyl sites for hydroxylation is 2. The van der Waals surface area contributed by atoms with Crippen LogP contribution in [-0.4, -0.2) is 34.7 Å². The maximum Gasteiger partial charge on any atom is 0.417 e. The molecule has 9 heteroatoms. The second kappa shape index (κ2) is 9.89. The molecule has 2 aromatic rings. The SMILES string of the molecule is Cc1cc(C(=O)C[C@@H]2CCCN(c3ncc(C(F)(F)F)cc3C)C2)cc(NC(=O)C(C)C)n1. The van der Waals surface area contributed by atoms with Crippen molar-refractivity contribution < 1.29 is 22.8 Å². The normalized spacial score (nSPS) is 16.7. The molecule has 1 fully saturated rings. The number of aromatic nitrogens is 2. The number of halogens is 3. The van der Waals surface area contributed by atoms with Crippen molar-refractivity contribution in [2.45, 2.75) is 53.1 Å². The topological polar surface area (TPSA) is 75.2 Å². The monoisotopic (exact) mass is 462 g/mol. The van der Waals surface area contributed by atoms with Gasteiger partial charge in [0, 0.05) is 42.9 Å². The zero-order valence-electron chi connectivity index (χ0n) is 19.3. The van der Waals surface area contributed by atoms with Gasteiger partial charge < -0.3 is 10.2 Å². The average Bonchev–Trinajstić information content (AvgIpc) is 2.72. The van der Waals surface area contributed by atoms with Gasteiger partial charge >= 0.3 is 6.18 Å². The highest BCUT2D eigenvalue weighted by Gasteiger charge is 2.32. The van der Waals surface area contributed by atoms with E-state index in [0.717, 1.165) is 25.1 Å². The van der Waals surface area contributed by atoms with Crippen LogP contribution in [0.25, 0.3) is 0 Å². The molecule has 3 rings (SSSR count). The zero-order valence-corrected chi connectivity index (χ0v) is 19.3. The number of anilines is 2. The summed E-state index contributed by atoms with van der Waals surface area (Å²) in [4.78, 5) is 35.3. The minimum Gasteiger partial charge on any atom is -0.356 e. The fourth-order valence-corrected chi connectivity index (χ4v) is 4.02. The molecule has 1 saturated heterocycles. The number of piperidine rings is 1. The van der Waals surface area contributed by atoms with E-state index in [1.165, 1.54) is 0 Å². The molecule has 0 saturated carbocycles. The number of carbonyl (C=O) groups is 2. The lowest BCUT2D eigenvalue weighted by atomic mass is 9.90. The van der Waals surface area contributed by atoms with E-state index in [4.69, 9.17) is 0 Å². The van der Waals surface area contributed by atoms with Crippen molar-refractivity contribution in [2.24, 2.45) is 11.8 Å². The first-order valence-electron chi connectivity index (χ1n) is 11.1. The molecular formula is C24H29F3N4O2. The highest BCUT2D eigenvalue weighted by atomic mass is 19.4. The van der Waals surface area contributed by atoms with E-state index >= 15 is 0 Å². The van der Waals surface area contributed by atoms with Gasteiger partial charge in [-0.05, 0) is 56.4 Å². The molecule has 1 amide bonds. The number of hydrogen-bond donors (Lipinski definition) is 1. The number of pyridine rings is 2. The number of ketones is 1. The Kier molecular flexibility index (Phi) is 7.39. The molecule has 3 heterocycles. The predicted molar refractivity (Wildman–Crippen MR) is 120 cm³/mol. The molecule has 0 unspecified atom stereocenters. The van der Waals surface area contributed by atoms with Crippen LogP contribution in [0, 0.1) is 25.7 Å². The van der Waals surface area contributed by atoms with Gasteiger partial charge in [0.15, 0.2) is 5.78 Å². The highest BCUT2D eigenvalue weighted by molar-refractivity contribution is 5.98. The van der Waals surface area contributed by atoms with Crippen LogP contribution in [0.15, 0.2) is 24.4 Å². The van der Waals surface area contributed by atoms with E-state index in [9.17, 15) is 22.8 Å². The van der Waals surface area contributed by atoms with Crippen molar-refractivity contribution in [3.8, 4) is 0 Å². The van der Waals surface area contributed by atoms with Crippen molar-refractivity contribution in [2.75, 3.05) is 23.3 Å². The molecule has 0 spiro atoms. The Labute approximate surface area is 191 Å². The van der Waals surface area contributed by atoms with Gasteiger partial charge in [-0.15, -0.1) is 0 Å². The van der Waals surface area contributed by atoms with Gasteiger partial charge in [0.25, 0.3) is 0 Å². The van der Waals surface area contributed by atoms with E-state index in [1.54, 1.807) is 39.8 Å². The highest BCUT2D eigenvalue weighted by Crippen LogP contribution is 2.33. The van der Waals surface area contributed by atoms with Crippen LogP contribution in [0.5, 0.6) is 0 Å². The van der Waals surface area contributed by atoms with Crippen molar-refractivity contribution >= 4 is 23.3 Å². The number of Topliss-reactive ketones (excluding diaryl/α,β-unsaturated/α-hetero) is 1. The lowest BCUT2D eigenvalue weighted by Crippen LogP contribution is -2.37. The number of rotatable bonds is 6. The quantitative estimate of drug-likeness (QED) is 0.598. The Balaban J connectivity index is 1.70. The molecule has 1 N–H and O–H groups in total. The van der Waals surface area contributed by atoms with E-state index in [2.05, 4.69) is 15.3 Å². The third kappa shape index (κ3) is 6.30. The summed E-state index contributed by atoms with van der Waals surface area (Å²) in [5, 5.41) is 2.73. The Morgan fingerprint density at radius 1 is 1.21 bits per heavy atom. The number of nitrogens with one attached hydrogen (secondary N) is 1. The van der Waals surface area contributed by atoms with Crippen molar-refractivity contribution in [3.63, 3.8) is 0 Å². The summed E-state index contributed by atoms with van der Waals surface area (Å²) in [6.45, 7) is 8.18.